The Kier molecular flexibility index (Phi) is 6.75. The molecule has 0 saturated carbocycles. The highest BCUT2D eigenvalue weighted by atomic mass is 79.9. The van der Waals surface area contributed by atoms with Crippen molar-refractivity contribution in [2.24, 2.45) is 0 Å². The largest absolute Gasteiger partial charge is 1.00 e. The van der Waals surface area contributed by atoms with Gasteiger partial charge in [0.1, 0.15) is 0 Å². The number of pyridine rings is 1. The van der Waals surface area contributed by atoms with Gasteiger partial charge in [0.25, 0.3) is 5.91 Å². The Morgan fingerprint density at radius 2 is 1.67 bits per heavy atom. The fraction of sp³-hybridized carbons (Fsp3) is 0.188. The predicted molar refractivity (Wildman–Crippen MR) is 74.9 cm³/mol. The van der Waals surface area contributed by atoms with E-state index in [9.17, 15) is 9.59 Å². The first-order chi connectivity index (χ1) is 9.65. The van der Waals surface area contributed by atoms with Crippen molar-refractivity contribution < 1.29 is 31.1 Å². The fourth-order valence-corrected chi connectivity index (χ4v) is 1.85. The third kappa shape index (κ3) is 5.47. The molecule has 2 aromatic rings. The Labute approximate surface area is 134 Å². The molecule has 0 unspecified atom stereocenters. The number of nitrogens with zero attached hydrogens (tertiary/aromatic N) is 1. The van der Waals surface area contributed by atoms with Crippen molar-refractivity contribution in [3.63, 3.8) is 0 Å². The van der Waals surface area contributed by atoms with Crippen molar-refractivity contribution in [1.82, 2.24) is 5.32 Å². The first-order valence-corrected chi connectivity index (χ1v) is 6.46. The number of hydrogen-bond acceptors (Lipinski definition) is 2. The summed E-state index contributed by atoms with van der Waals surface area (Å²) < 4.78 is 1.75. The van der Waals surface area contributed by atoms with Crippen molar-refractivity contribution in [2.45, 2.75) is 20.0 Å². The van der Waals surface area contributed by atoms with Gasteiger partial charge in [0.05, 0.1) is 5.56 Å². The number of Topliss-reactive ketones (excluding diaryl/α,β-unsaturated/α-hetero) is 1. The van der Waals surface area contributed by atoms with Crippen LogP contribution in [0.2, 0.25) is 0 Å². The number of nitrogens with one attached hydrogen (secondary N) is 1. The molecule has 1 aromatic heterocycles. The van der Waals surface area contributed by atoms with Crippen LogP contribution in [-0.2, 0) is 17.9 Å². The van der Waals surface area contributed by atoms with Crippen molar-refractivity contribution in [2.75, 3.05) is 0 Å². The molecule has 0 bridgehead atoms. The first-order valence-electron chi connectivity index (χ1n) is 6.46. The van der Waals surface area contributed by atoms with Crippen LogP contribution in [0.25, 0.3) is 0 Å². The van der Waals surface area contributed by atoms with Crippen LogP contribution < -0.4 is 26.9 Å². The molecule has 110 valence electrons. The first kappa shape index (κ1) is 17.0. The van der Waals surface area contributed by atoms with Crippen LogP contribution in [0.5, 0.6) is 0 Å². The Balaban J connectivity index is 0.00000220. The molecule has 0 spiro atoms. The molecule has 0 fully saturated rings. The molecule has 0 saturated heterocycles. The van der Waals surface area contributed by atoms with Gasteiger partial charge >= 0.3 is 0 Å². The van der Waals surface area contributed by atoms with Gasteiger partial charge in [-0.05, 0) is 5.56 Å². The number of carbonyl (C=O) groups excluding carboxylic acids is 2. The van der Waals surface area contributed by atoms with E-state index in [1.165, 1.54) is 6.92 Å². The van der Waals surface area contributed by atoms with Crippen molar-refractivity contribution in [1.29, 1.82) is 0 Å². The number of hydrogen-bond donors (Lipinski definition) is 1. The van der Waals surface area contributed by atoms with Crippen LogP contribution in [-0.4, -0.2) is 11.7 Å². The number of benzene rings is 1. The summed E-state index contributed by atoms with van der Waals surface area (Å²) in [5.41, 5.74) is 1.64. The molecule has 0 aliphatic heterocycles. The predicted octanol–water partition coefficient (Wildman–Crippen LogP) is -1.50. The molecular weight excluding hydrogens is 332 g/mol. The Morgan fingerprint density at radius 1 is 1.05 bits per heavy atom. The summed E-state index contributed by atoms with van der Waals surface area (Å²) in [6.45, 7) is 2.36. The highest BCUT2D eigenvalue weighted by molar-refractivity contribution is 5.93. The lowest BCUT2D eigenvalue weighted by Crippen LogP contribution is -3.00. The summed E-state index contributed by atoms with van der Waals surface area (Å²) in [5.74, 6) is -0.0416. The molecule has 1 heterocycles. The molecule has 1 amide bonds. The lowest BCUT2D eigenvalue weighted by atomic mass is 10.2. The molecule has 2 rings (SSSR count). The molecule has 4 nitrogen and oxygen atoms in total. The van der Waals surface area contributed by atoms with E-state index in [-0.39, 0.29) is 28.7 Å². The van der Waals surface area contributed by atoms with E-state index in [0.29, 0.717) is 18.7 Å². The number of carbonyl (C=O) groups is 2. The highest BCUT2D eigenvalue weighted by Gasteiger charge is 2.09. The normalized spacial score (nSPS) is 9.57. The van der Waals surface area contributed by atoms with Crippen LogP contribution in [0.15, 0.2) is 54.9 Å². The van der Waals surface area contributed by atoms with Gasteiger partial charge in [-0.2, -0.15) is 4.57 Å². The van der Waals surface area contributed by atoms with Crippen LogP contribution >= 0.6 is 0 Å². The highest BCUT2D eigenvalue weighted by Crippen LogP contribution is 2.00. The average molecular weight is 349 g/mol. The molecule has 0 radical (unpaired) electrons. The maximum atomic E-state index is 12.0. The topological polar surface area (TPSA) is 50.0 Å². The zero-order chi connectivity index (χ0) is 14.4. The van der Waals surface area contributed by atoms with Gasteiger partial charge in [0, 0.05) is 25.6 Å². The van der Waals surface area contributed by atoms with Gasteiger partial charge in [-0.1, -0.05) is 30.3 Å². The van der Waals surface area contributed by atoms with E-state index in [1.54, 1.807) is 29.1 Å². The van der Waals surface area contributed by atoms with Gasteiger partial charge in [-0.15, -0.1) is 0 Å². The van der Waals surface area contributed by atoms with Gasteiger partial charge < -0.3 is 22.3 Å². The molecular formula is C16H17BrN2O2. The van der Waals surface area contributed by atoms with Gasteiger partial charge in [0.15, 0.2) is 18.2 Å². The third-order valence-electron chi connectivity index (χ3n) is 2.85. The smallest absolute Gasteiger partial charge is 0.252 e. The van der Waals surface area contributed by atoms with E-state index < -0.39 is 0 Å². The van der Waals surface area contributed by atoms with Crippen LogP contribution in [0.1, 0.15) is 22.8 Å². The number of ketones is 1. The summed E-state index contributed by atoms with van der Waals surface area (Å²) in [5, 5.41) is 2.86. The van der Waals surface area contributed by atoms with E-state index in [2.05, 4.69) is 5.32 Å². The van der Waals surface area contributed by atoms with Crippen molar-refractivity contribution in [3.05, 3.63) is 66.0 Å². The second-order valence-corrected chi connectivity index (χ2v) is 4.63. The molecule has 1 N–H and O–H groups in total. The second-order valence-electron chi connectivity index (χ2n) is 4.63. The molecule has 0 aliphatic carbocycles. The van der Waals surface area contributed by atoms with Crippen molar-refractivity contribution >= 4 is 11.7 Å². The second kappa shape index (κ2) is 8.32. The number of rotatable bonds is 5. The summed E-state index contributed by atoms with van der Waals surface area (Å²) in [4.78, 5) is 23.0. The summed E-state index contributed by atoms with van der Waals surface area (Å²) in [7, 11) is 0. The van der Waals surface area contributed by atoms with Crippen LogP contribution in [0, 0.1) is 0 Å². The van der Waals surface area contributed by atoms with Crippen LogP contribution in [0.3, 0.4) is 0 Å². The fourth-order valence-electron chi connectivity index (χ4n) is 1.85. The monoisotopic (exact) mass is 348 g/mol. The molecule has 1 aromatic carbocycles. The maximum absolute atomic E-state index is 12.0. The van der Waals surface area contributed by atoms with Gasteiger partial charge in [0.2, 0.25) is 6.54 Å². The lowest BCUT2D eigenvalue weighted by Gasteiger charge is -2.04. The standard InChI is InChI=1S/C16H16N2O2.BrH/c1-13(19)12-18-9-7-15(8-10-18)16(20)17-11-14-5-3-2-4-6-14;/h2-10H,11-12H2,1H3;1H. The lowest BCUT2D eigenvalue weighted by molar-refractivity contribution is -0.684. The summed E-state index contributed by atoms with van der Waals surface area (Å²) >= 11 is 0. The summed E-state index contributed by atoms with van der Waals surface area (Å²) in [6.07, 6.45) is 3.47. The minimum atomic E-state index is -0.121. The molecule has 0 atom stereocenters. The minimum Gasteiger partial charge on any atom is -1.00 e. The zero-order valence-corrected chi connectivity index (χ0v) is 13.3. The molecule has 0 aliphatic rings. The van der Waals surface area contributed by atoms with Crippen LogP contribution in [0.4, 0.5) is 0 Å². The SMILES string of the molecule is CC(=O)C[n+]1ccc(C(=O)NCc2ccccc2)cc1.[Br-]. The van der Waals surface area contributed by atoms with Gasteiger partial charge in [-0.3, -0.25) is 9.59 Å². The summed E-state index contributed by atoms with van der Waals surface area (Å²) in [6, 6.07) is 13.2. The quantitative estimate of drug-likeness (QED) is 0.668. The third-order valence-corrected chi connectivity index (χ3v) is 2.85. The number of halogens is 1. The van der Waals surface area contributed by atoms with Gasteiger partial charge in [-0.25, -0.2) is 0 Å². The molecule has 21 heavy (non-hydrogen) atoms. The van der Waals surface area contributed by atoms with E-state index in [1.807, 2.05) is 30.3 Å². The van der Waals surface area contributed by atoms with E-state index in [4.69, 9.17) is 0 Å². The zero-order valence-electron chi connectivity index (χ0n) is 11.8. The van der Waals surface area contributed by atoms with Crippen molar-refractivity contribution in [3.8, 4) is 0 Å². The molecule has 5 heteroatoms. The number of amides is 1. The average Bonchev–Trinajstić information content (AvgIpc) is 2.46. The Bertz CT molecular complexity index is 597. The maximum Gasteiger partial charge on any atom is 0.252 e. The van der Waals surface area contributed by atoms with E-state index in [0.717, 1.165) is 5.56 Å². The Hall–Kier alpha value is -2.01. The van der Waals surface area contributed by atoms with E-state index >= 15 is 0 Å². The number of aromatic nitrogens is 1. The Morgan fingerprint density at radius 3 is 2.24 bits per heavy atom. The minimum absolute atomic E-state index is 0.